The van der Waals surface area contributed by atoms with E-state index in [0.29, 0.717) is 12.1 Å². The number of rotatable bonds is 6. The molecule has 4 nitrogen and oxygen atoms in total. The number of carbonyl (C=O) groups is 1. The summed E-state index contributed by atoms with van der Waals surface area (Å²) in [5, 5.41) is 3.02. The molecule has 1 amide bonds. The second kappa shape index (κ2) is 7.41. The number of carbonyl (C=O) groups excluding carboxylic acids is 1. The van der Waals surface area contributed by atoms with Crippen LogP contribution in [0, 0.1) is 5.82 Å². The highest BCUT2D eigenvalue weighted by Crippen LogP contribution is 2.23. The third kappa shape index (κ3) is 4.30. The molecule has 1 aromatic rings. The molecule has 23 heavy (non-hydrogen) atoms. The maximum atomic E-state index is 14.1. The maximum absolute atomic E-state index is 14.1. The summed E-state index contributed by atoms with van der Waals surface area (Å²) in [5.41, 5.74) is 0.326. The largest absolute Gasteiger partial charge is 0.353 e. The highest BCUT2D eigenvalue weighted by atomic mass is 19.1. The molecule has 1 atom stereocenters. The van der Waals surface area contributed by atoms with E-state index < -0.39 is 6.04 Å². The van der Waals surface area contributed by atoms with E-state index in [4.69, 9.17) is 0 Å². The van der Waals surface area contributed by atoms with E-state index in [9.17, 15) is 9.18 Å². The summed E-state index contributed by atoms with van der Waals surface area (Å²) >= 11 is 0. The second-order valence-electron chi connectivity index (χ2n) is 7.11. The Labute approximate surface area is 138 Å². The minimum absolute atomic E-state index is 0.0851. The van der Waals surface area contributed by atoms with E-state index >= 15 is 0 Å². The number of amides is 1. The van der Waals surface area contributed by atoms with Crippen molar-refractivity contribution < 1.29 is 9.18 Å². The molecule has 1 aliphatic rings. The highest BCUT2D eigenvalue weighted by molar-refractivity contribution is 5.83. The first-order chi connectivity index (χ1) is 10.8. The summed E-state index contributed by atoms with van der Waals surface area (Å²) in [6, 6.07) is 5.85. The fourth-order valence-electron chi connectivity index (χ4n) is 3.19. The van der Waals surface area contributed by atoms with Gasteiger partial charge in [0.1, 0.15) is 11.9 Å². The summed E-state index contributed by atoms with van der Waals surface area (Å²) in [7, 11) is 3.59. The maximum Gasteiger partial charge on any atom is 0.242 e. The molecule has 0 aliphatic carbocycles. The van der Waals surface area contributed by atoms with Gasteiger partial charge in [0.15, 0.2) is 0 Å². The lowest BCUT2D eigenvalue weighted by Crippen LogP contribution is -2.52. The number of hydrogen-bond donors (Lipinski definition) is 1. The van der Waals surface area contributed by atoms with Gasteiger partial charge in [-0.3, -0.25) is 14.6 Å². The van der Waals surface area contributed by atoms with E-state index in [1.54, 1.807) is 37.2 Å². The highest BCUT2D eigenvalue weighted by Gasteiger charge is 2.31. The molecule has 2 rings (SSSR count). The normalized spacial score (nSPS) is 17.5. The SMILES string of the molecule is CN(C)[C@H](C(=O)NCC(C)(C)N1CCCC1)c1ccccc1F. The third-order valence-electron chi connectivity index (χ3n) is 4.62. The second-order valence-corrected chi connectivity index (χ2v) is 7.11. The summed E-state index contributed by atoms with van der Waals surface area (Å²) in [6.45, 7) is 7.00. The van der Waals surface area contributed by atoms with Gasteiger partial charge in [-0.05, 0) is 59.9 Å². The van der Waals surface area contributed by atoms with Crippen LogP contribution in [-0.4, -0.2) is 55.0 Å². The van der Waals surface area contributed by atoms with Crippen molar-refractivity contribution in [3.63, 3.8) is 0 Å². The number of nitrogens with zero attached hydrogens (tertiary/aromatic N) is 2. The van der Waals surface area contributed by atoms with Crippen LogP contribution in [0.4, 0.5) is 4.39 Å². The Kier molecular flexibility index (Phi) is 5.76. The van der Waals surface area contributed by atoms with E-state index in [-0.39, 0.29) is 17.3 Å². The first-order valence-corrected chi connectivity index (χ1v) is 8.26. The van der Waals surface area contributed by atoms with Crippen molar-refractivity contribution in [3.8, 4) is 0 Å². The number of halogens is 1. The van der Waals surface area contributed by atoms with E-state index in [0.717, 1.165) is 13.1 Å². The van der Waals surface area contributed by atoms with Gasteiger partial charge in [0.05, 0.1) is 0 Å². The number of benzene rings is 1. The topological polar surface area (TPSA) is 35.6 Å². The smallest absolute Gasteiger partial charge is 0.242 e. The number of likely N-dealkylation sites (N-methyl/N-ethyl adjacent to an activating group) is 1. The lowest BCUT2D eigenvalue weighted by molar-refractivity contribution is -0.126. The molecule has 0 aromatic heterocycles. The van der Waals surface area contributed by atoms with Crippen molar-refractivity contribution in [2.75, 3.05) is 33.7 Å². The Morgan fingerprint density at radius 1 is 1.30 bits per heavy atom. The molecule has 1 fully saturated rings. The zero-order chi connectivity index (χ0) is 17.0. The molecule has 0 bridgehead atoms. The minimum atomic E-state index is -0.620. The van der Waals surface area contributed by atoms with Crippen molar-refractivity contribution in [2.24, 2.45) is 0 Å². The fraction of sp³-hybridized carbons (Fsp3) is 0.611. The van der Waals surface area contributed by atoms with E-state index in [1.165, 1.54) is 18.9 Å². The molecule has 0 radical (unpaired) electrons. The monoisotopic (exact) mass is 321 g/mol. The summed E-state index contributed by atoms with van der Waals surface area (Å²) < 4.78 is 14.1. The Bertz CT molecular complexity index is 539. The quantitative estimate of drug-likeness (QED) is 0.874. The van der Waals surface area contributed by atoms with Crippen LogP contribution >= 0.6 is 0 Å². The fourth-order valence-corrected chi connectivity index (χ4v) is 3.19. The van der Waals surface area contributed by atoms with E-state index in [1.807, 2.05) is 0 Å². The molecule has 128 valence electrons. The Morgan fingerprint density at radius 3 is 2.48 bits per heavy atom. The predicted molar refractivity (Wildman–Crippen MR) is 90.7 cm³/mol. The average Bonchev–Trinajstić information content (AvgIpc) is 3.02. The molecule has 1 aromatic carbocycles. The van der Waals surface area contributed by atoms with Gasteiger partial charge in [0.2, 0.25) is 5.91 Å². The van der Waals surface area contributed by atoms with Crippen LogP contribution in [0.1, 0.15) is 38.3 Å². The predicted octanol–water partition coefficient (Wildman–Crippen LogP) is 2.42. The van der Waals surface area contributed by atoms with Crippen molar-refractivity contribution >= 4 is 5.91 Å². The van der Waals surface area contributed by atoms with Gasteiger partial charge in [0, 0.05) is 17.6 Å². The van der Waals surface area contributed by atoms with Crippen molar-refractivity contribution in [3.05, 3.63) is 35.6 Å². The van der Waals surface area contributed by atoms with Crippen molar-refractivity contribution in [2.45, 2.75) is 38.3 Å². The number of nitrogens with one attached hydrogen (secondary N) is 1. The van der Waals surface area contributed by atoms with Crippen LogP contribution in [0.25, 0.3) is 0 Å². The number of hydrogen-bond acceptors (Lipinski definition) is 3. The molecule has 0 saturated carbocycles. The summed E-state index contributed by atoms with van der Waals surface area (Å²) in [5.74, 6) is -0.507. The minimum Gasteiger partial charge on any atom is -0.353 e. The Morgan fingerprint density at radius 2 is 1.91 bits per heavy atom. The standard InChI is InChI=1S/C18H28FN3O/c1-18(2,22-11-7-8-12-22)13-20-17(23)16(21(3)4)14-9-5-6-10-15(14)19/h5-6,9-10,16H,7-8,11-13H2,1-4H3,(H,20,23)/t16-/m0/s1. The summed E-state index contributed by atoms with van der Waals surface area (Å²) in [6.07, 6.45) is 2.43. The van der Waals surface area contributed by atoms with Gasteiger partial charge in [0.25, 0.3) is 0 Å². The molecular formula is C18H28FN3O. The van der Waals surface area contributed by atoms with Crippen molar-refractivity contribution in [1.82, 2.24) is 15.1 Å². The van der Waals surface area contributed by atoms with Gasteiger partial charge in [-0.15, -0.1) is 0 Å². The van der Waals surface area contributed by atoms with Gasteiger partial charge in [-0.25, -0.2) is 4.39 Å². The molecule has 5 heteroatoms. The zero-order valence-corrected chi connectivity index (χ0v) is 14.6. The molecule has 0 spiro atoms. The average molecular weight is 321 g/mol. The molecule has 0 unspecified atom stereocenters. The lowest BCUT2D eigenvalue weighted by Gasteiger charge is -2.36. The molecule has 1 heterocycles. The lowest BCUT2D eigenvalue weighted by atomic mass is 10.0. The third-order valence-corrected chi connectivity index (χ3v) is 4.62. The van der Waals surface area contributed by atoms with Gasteiger partial charge in [-0.1, -0.05) is 18.2 Å². The Balaban J connectivity index is 2.06. The molecular weight excluding hydrogens is 293 g/mol. The van der Waals surface area contributed by atoms with E-state index in [2.05, 4.69) is 24.1 Å². The van der Waals surface area contributed by atoms with Crippen molar-refractivity contribution in [1.29, 1.82) is 0 Å². The van der Waals surface area contributed by atoms with Crippen LogP contribution in [0.2, 0.25) is 0 Å². The van der Waals surface area contributed by atoms with Gasteiger partial charge < -0.3 is 5.32 Å². The first-order valence-electron chi connectivity index (χ1n) is 8.26. The van der Waals surface area contributed by atoms with Gasteiger partial charge >= 0.3 is 0 Å². The molecule has 1 N–H and O–H groups in total. The number of likely N-dealkylation sites (tertiary alicyclic amines) is 1. The van der Waals surface area contributed by atoms with Crippen LogP contribution in [0.3, 0.4) is 0 Å². The zero-order valence-electron chi connectivity index (χ0n) is 14.6. The molecule has 1 saturated heterocycles. The Hall–Kier alpha value is -1.46. The van der Waals surface area contributed by atoms with Crippen LogP contribution in [0.15, 0.2) is 24.3 Å². The summed E-state index contributed by atoms with van der Waals surface area (Å²) in [4.78, 5) is 16.8. The molecule has 1 aliphatic heterocycles. The first kappa shape index (κ1) is 17.9. The van der Waals surface area contributed by atoms with Gasteiger partial charge in [-0.2, -0.15) is 0 Å². The van der Waals surface area contributed by atoms with Crippen LogP contribution < -0.4 is 5.32 Å². The van der Waals surface area contributed by atoms with Crippen LogP contribution in [-0.2, 0) is 4.79 Å². The van der Waals surface area contributed by atoms with Crippen LogP contribution in [0.5, 0.6) is 0 Å².